The van der Waals surface area contributed by atoms with Gasteiger partial charge >= 0.3 is 0 Å². The molecule has 0 bridgehead atoms. The SMILES string of the molecule is CC(CNC(C)(C)C)c1ccc(COCCC2CC2)cc1. The first-order valence-electron chi connectivity index (χ1n) is 8.35. The van der Waals surface area contributed by atoms with Crippen LogP contribution in [-0.2, 0) is 11.3 Å². The summed E-state index contributed by atoms with van der Waals surface area (Å²) in [5, 5.41) is 3.57. The second-order valence-electron chi connectivity index (χ2n) is 7.56. The Kier molecular flexibility index (Phi) is 5.83. The number of nitrogens with one attached hydrogen (secondary N) is 1. The molecule has 1 unspecified atom stereocenters. The predicted molar refractivity (Wildman–Crippen MR) is 89.6 cm³/mol. The molecule has 1 saturated carbocycles. The summed E-state index contributed by atoms with van der Waals surface area (Å²) in [5.74, 6) is 1.50. The third-order valence-corrected chi connectivity index (χ3v) is 4.12. The molecule has 0 heterocycles. The van der Waals surface area contributed by atoms with Crippen LogP contribution in [0, 0.1) is 5.92 Å². The minimum atomic E-state index is 0.184. The summed E-state index contributed by atoms with van der Waals surface area (Å²) < 4.78 is 5.75. The minimum Gasteiger partial charge on any atom is -0.377 e. The second kappa shape index (κ2) is 7.42. The third-order valence-electron chi connectivity index (χ3n) is 4.12. The second-order valence-corrected chi connectivity index (χ2v) is 7.56. The fraction of sp³-hybridized carbons (Fsp3) is 0.684. The van der Waals surface area contributed by atoms with E-state index in [9.17, 15) is 0 Å². The highest BCUT2D eigenvalue weighted by Crippen LogP contribution is 2.32. The molecule has 0 aliphatic heterocycles. The van der Waals surface area contributed by atoms with Gasteiger partial charge in [0.25, 0.3) is 0 Å². The third kappa shape index (κ3) is 6.62. The van der Waals surface area contributed by atoms with Gasteiger partial charge in [0.1, 0.15) is 0 Å². The van der Waals surface area contributed by atoms with Gasteiger partial charge < -0.3 is 10.1 Å². The van der Waals surface area contributed by atoms with E-state index in [1.165, 1.54) is 30.4 Å². The van der Waals surface area contributed by atoms with Gasteiger partial charge in [0, 0.05) is 18.7 Å². The summed E-state index contributed by atoms with van der Waals surface area (Å²) in [6, 6.07) is 8.91. The summed E-state index contributed by atoms with van der Waals surface area (Å²) >= 11 is 0. The normalized spacial score (nSPS) is 17.0. The molecule has 2 nitrogen and oxygen atoms in total. The molecule has 118 valence electrons. The van der Waals surface area contributed by atoms with Gasteiger partial charge in [-0.05, 0) is 50.2 Å². The Balaban J connectivity index is 1.72. The lowest BCUT2D eigenvalue weighted by atomic mass is 9.98. The first-order valence-corrected chi connectivity index (χ1v) is 8.35. The molecule has 0 radical (unpaired) electrons. The van der Waals surface area contributed by atoms with Gasteiger partial charge in [-0.15, -0.1) is 0 Å². The van der Waals surface area contributed by atoms with Gasteiger partial charge in [0.2, 0.25) is 0 Å². The van der Waals surface area contributed by atoms with Gasteiger partial charge in [0.15, 0.2) is 0 Å². The quantitative estimate of drug-likeness (QED) is 0.712. The van der Waals surface area contributed by atoms with Crippen LogP contribution in [-0.4, -0.2) is 18.7 Å². The Bertz CT molecular complexity index is 414. The molecule has 1 aromatic rings. The van der Waals surface area contributed by atoms with E-state index < -0.39 is 0 Å². The Morgan fingerprint density at radius 1 is 1.19 bits per heavy atom. The van der Waals surface area contributed by atoms with Crippen molar-refractivity contribution in [2.75, 3.05) is 13.2 Å². The molecule has 0 spiro atoms. The highest BCUT2D eigenvalue weighted by Gasteiger charge is 2.20. The monoisotopic (exact) mass is 289 g/mol. The maximum Gasteiger partial charge on any atom is 0.0716 e. The fourth-order valence-electron chi connectivity index (χ4n) is 2.37. The van der Waals surface area contributed by atoms with Crippen molar-refractivity contribution < 1.29 is 4.74 Å². The van der Waals surface area contributed by atoms with Crippen LogP contribution in [0.5, 0.6) is 0 Å². The van der Waals surface area contributed by atoms with Crippen molar-refractivity contribution in [3.8, 4) is 0 Å². The molecule has 0 saturated heterocycles. The van der Waals surface area contributed by atoms with E-state index in [1.807, 2.05) is 0 Å². The Morgan fingerprint density at radius 3 is 2.43 bits per heavy atom. The smallest absolute Gasteiger partial charge is 0.0716 e. The van der Waals surface area contributed by atoms with Gasteiger partial charge in [0.05, 0.1) is 6.61 Å². The lowest BCUT2D eigenvalue weighted by Gasteiger charge is -2.23. The van der Waals surface area contributed by atoms with Crippen molar-refractivity contribution in [2.24, 2.45) is 5.92 Å². The zero-order valence-electron chi connectivity index (χ0n) is 14.1. The number of rotatable bonds is 8. The summed E-state index contributed by atoms with van der Waals surface area (Å²) in [6.45, 7) is 11.6. The van der Waals surface area contributed by atoms with Crippen LogP contribution in [0.1, 0.15) is 64.0 Å². The van der Waals surface area contributed by atoms with E-state index >= 15 is 0 Å². The fourth-order valence-corrected chi connectivity index (χ4v) is 2.37. The average Bonchev–Trinajstić information content (AvgIpc) is 3.25. The molecule has 21 heavy (non-hydrogen) atoms. The lowest BCUT2D eigenvalue weighted by molar-refractivity contribution is 0.115. The Hall–Kier alpha value is -0.860. The van der Waals surface area contributed by atoms with E-state index in [0.717, 1.165) is 25.7 Å². The van der Waals surface area contributed by atoms with Gasteiger partial charge in [-0.1, -0.05) is 44.0 Å². The Morgan fingerprint density at radius 2 is 1.86 bits per heavy atom. The molecular formula is C19H31NO. The molecule has 1 aliphatic rings. The molecule has 0 amide bonds. The van der Waals surface area contributed by atoms with Crippen LogP contribution in [0.4, 0.5) is 0 Å². The number of hydrogen-bond acceptors (Lipinski definition) is 2. The maximum absolute atomic E-state index is 5.75. The van der Waals surface area contributed by atoms with Crippen molar-refractivity contribution >= 4 is 0 Å². The van der Waals surface area contributed by atoms with Crippen molar-refractivity contribution in [1.82, 2.24) is 5.32 Å². The maximum atomic E-state index is 5.75. The van der Waals surface area contributed by atoms with E-state index in [0.29, 0.717) is 5.92 Å². The molecule has 1 aliphatic carbocycles. The van der Waals surface area contributed by atoms with Crippen molar-refractivity contribution in [3.63, 3.8) is 0 Å². The summed E-state index contributed by atoms with van der Waals surface area (Å²) in [6.07, 6.45) is 4.07. The molecule has 2 rings (SSSR count). The Labute approximate surface area is 130 Å². The zero-order valence-corrected chi connectivity index (χ0v) is 14.1. The number of ether oxygens (including phenoxy) is 1. The highest BCUT2D eigenvalue weighted by atomic mass is 16.5. The first kappa shape index (κ1) is 16.5. The first-order chi connectivity index (χ1) is 9.94. The van der Waals surface area contributed by atoms with Gasteiger partial charge in [-0.2, -0.15) is 0 Å². The van der Waals surface area contributed by atoms with Crippen molar-refractivity contribution in [3.05, 3.63) is 35.4 Å². The van der Waals surface area contributed by atoms with E-state index in [-0.39, 0.29) is 5.54 Å². The molecular weight excluding hydrogens is 258 g/mol. The van der Waals surface area contributed by atoms with Crippen LogP contribution in [0.3, 0.4) is 0 Å². The molecule has 1 N–H and O–H groups in total. The van der Waals surface area contributed by atoms with Crippen LogP contribution < -0.4 is 5.32 Å². The average molecular weight is 289 g/mol. The lowest BCUT2D eigenvalue weighted by Crippen LogP contribution is -2.38. The molecule has 2 heteroatoms. The molecule has 1 aromatic carbocycles. The largest absolute Gasteiger partial charge is 0.377 e. The van der Waals surface area contributed by atoms with Crippen LogP contribution in [0.15, 0.2) is 24.3 Å². The van der Waals surface area contributed by atoms with Gasteiger partial charge in [-0.3, -0.25) is 0 Å². The van der Waals surface area contributed by atoms with Crippen molar-refractivity contribution in [2.45, 2.75) is 65.0 Å². The van der Waals surface area contributed by atoms with Crippen LogP contribution in [0.2, 0.25) is 0 Å². The topological polar surface area (TPSA) is 21.3 Å². The van der Waals surface area contributed by atoms with Gasteiger partial charge in [-0.25, -0.2) is 0 Å². The van der Waals surface area contributed by atoms with Crippen molar-refractivity contribution in [1.29, 1.82) is 0 Å². The highest BCUT2D eigenvalue weighted by molar-refractivity contribution is 5.25. The van der Waals surface area contributed by atoms with Crippen LogP contribution in [0.25, 0.3) is 0 Å². The van der Waals surface area contributed by atoms with Crippen LogP contribution >= 0.6 is 0 Å². The number of benzene rings is 1. The summed E-state index contributed by atoms with van der Waals surface area (Å²) in [7, 11) is 0. The molecule has 0 aromatic heterocycles. The van der Waals surface area contributed by atoms with E-state index in [2.05, 4.69) is 57.3 Å². The minimum absolute atomic E-state index is 0.184. The van der Waals surface area contributed by atoms with E-state index in [1.54, 1.807) is 0 Å². The molecule has 1 atom stereocenters. The predicted octanol–water partition coefficient (Wildman–Crippen LogP) is 4.49. The standard InChI is InChI=1S/C19H31NO/c1-15(13-20-19(2,3)4)18-9-7-17(8-10-18)14-21-12-11-16-5-6-16/h7-10,15-16,20H,5-6,11-14H2,1-4H3. The molecule has 1 fully saturated rings. The van der Waals surface area contributed by atoms with E-state index in [4.69, 9.17) is 4.74 Å². The number of hydrogen-bond donors (Lipinski definition) is 1. The zero-order chi connectivity index (χ0) is 15.3. The summed E-state index contributed by atoms with van der Waals surface area (Å²) in [5.41, 5.74) is 2.86. The summed E-state index contributed by atoms with van der Waals surface area (Å²) in [4.78, 5) is 0.